The highest BCUT2D eigenvalue weighted by atomic mass is 16.5. The first kappa shape index (κ1) is 12.0. The first-order valence-electron chi connectivity index (χ1n) is 5.91. The van der Waals surface area contributed by atoms with Gasteiger partial charge in [0.25, 0.3) is 0 Å². The Balaban J connectivity index is 2.17. The Hall–Kier alpha value is -0.0800. The normalized spacial score (nSPS) is 29.8. The van der Waals surface area contributed by atoms with Crippen LogP contribution in [-0.2, 0) is 4.74 Å². The summed E-state index contributed by atoms with van der Waals surface area (Å²) in [6, 6.07) is 0. The number of rotatable bonds is 5. The van der Waals surface area contributed by atoms with E-state index in [2.05, 4.69) is 20.8 Å². The Labute approximate surface area is 87.7 Å². The molecule has 0 amide bonds. The zero-order valence-corrected chi connectivity index (χ0v) is 9.70. The van der Waals surface area contributed by atoms with E-state index in [-0.39, 0.29) is 12.2 Å². The van der Waals surface area contributed by atoms with Crippen molar-refractivity contribution >= 4 is 0 Å². The second-order valence-corrected chi connectivity index (χ2v) is 4.99. The molecule has 1 aliphatic heterocycles. The maximum absolute atomic E-state index is 9.91. The topological polar surface area (TPSA) is 29.5 Å². The van der Waals surface area contributed by atoms with Crippen LogP contribution in [0.25, 0.3) is 0 Å². The summed E-state index contributed by atoms with van der Waals surface area (Å²) in [7, 11) is 0. The quantitative estimate of drug-likeness (QED) is 0.739. The summed E-state index contributed by atoms with van der Waals surface area (Å²) in [6.45, 7) is 7.44. The number of hydrogen-bond donors (Lipinski definition) is 1. The van der Waals surface area contributed by atoms with Gasteiger partial charge < -0.3 is 9.84 Å². The predicted octanol–water partition coefficient (Wildman–Crippen LogP) is 2.60. The van der Waals surface area contributed by atoms with Gasteiger partial charge in [-0.2, -0.15) is 0 Å². The molecule has 2 nitrogen and oxygen atoms in total. The van der Waals surface area contributed by atoms with Crippen LogP contribution in [0.2, 0.25) is 0 Å². The fourth-order valence-corrected chi connectivity index (χ4v) is 2.11. The first-order chi connectivity index (χ1) is 6.61. The maximum Gasteiger partial charge on any atom is 0.0860 e. The third-order valence-electron chi connectivity index (χ3n) is 3.10. The van der Waals surface area contributed by atoms with Crippen molar-refractivity contribution in [3.05, 3.63) is 0 Å². The molecule has 1 saturated heterocycles. The van der Waals surface area contributed by atoms with Crippen LogP contribution in [0.5, 0.6) is 0 Å². The highest BCUT2D eigenvalue weighted by Crippen LogP contribution is 2.25. The van der Waals surface area contributed by atoms with Crippen molar-refractivity contribution in [1.82, 2.24) is 0 Å². The average molecular weight is 200 g/mol. The lowest BCUT2D eigenvalue weighted by molar-refractivity contribution is -0.0212. The lowest BCUT2D eigenvalue weighted by Crippen LogP contribution is -2.29. The molecule has 84 valence electrons. The summed E-state index contributed by atoms with van der Waals surface area (Å²) in [5, 5.41) is 9.91. The van der Waals surface area contributed by atoms with Gasteiger partial charge in [-0.05, 0) is 24.7 Å². The smallest absolute Gasteiger partial charge is 0.0860 e. The van der Waals surface area contributed by atoms with Gasteiger partial charge in [-0.15, -0.1) is 0 Å². The molecule has 3 unspecified atom stereocenters. The second kappa shape index (κ2) is 5.72. The van der Waals surface area contributed by atoms with E-state index >= 15 is 0 Å². The molecule has 1 aliphatic rings. The highest BCUT2D eigenvalue weighted by molar-refractivity contribution is 4.79. The van der Waals surface area contributed by atoms with Crippen molar-refractivity contribution in [3.63, 3.8) is 0 Å². The monoisotopic (exact) mass is 200 g/mol. The van der Waals surface area contributed by atoms with Gasteiger partial charge in [-0.1, -0.05) is 33.6 Å². The zero-order valence-electron chi connectivity index (χ0n) is 9.70. The van der Waals surface area contributed by atoms with Crippen LogP contribution in [0.4, 0.5) is 0 Å². The SMILES string of the molecule is CC(C)CCCC(O)C1OCCC1C. The van der Waals surface area contributed by atoms with E-state index in [1.165, 1.54) is 6.42 Å². The molecular weight excluding hydrogens is 176 g/mol. The Morgan fingerprint density at radius 2 is 2.07 bits per heavy atom. The molecule has 0 aromatic carbocycles. The molecule has 2 heteroatoms. The van der Waals surface area contributed by atoms with E-state index in [1.807, 2.05) is 0 Å². The maximum atomic E-state index is 9.91. The molecule has 0 radical (unpaired) electrons. The van der Waals surface area contributed by atoms with Crippen LogP contribution in [0.1, 0.15) is 46.5 Å². The molecule has 1 fully saturated rings. The summed E-state index contributed by atoms with van der Waals surface area (Å²) in [4.78, 5) is 0. The van der Waals surface area contributed by atoms with E-state index in [9.17, 15) is 5.11 Å². The van der Waals surface area contributed by atoms with Crippen molar-refractivity contribution in [3.8, 4) is 0 Å². The van der Waals surface area contributed by atoms with Crippen LogP contribution in [0.15, 0.2) is 0 Å². The zero-order chi connectivity index (χ0) is 10.6. The van der Waals surface area contributed by atoms with Gasteiger partial charge in [0, 0.05) is 6.61 Å². The van der Waals surface area contributed by atoms with Gasteiger partial charge in [0.05, 0.1) is 12.2 Å². The third kappa shape index (κ3) is 3.58. The van der Waals surface area contributed by atoms with Crippen molar-refractivity contribution < 1.29 is 9.84 Å². The number of ether oxygens (including phenoxy) is 1. The van der Waals surface area contributed by atoms with Crippen LogP contribution in [-0.4, -0.2) is 23.9 Å². The van der Waals surface area contributed by atoms with E-state index < -0.39 is 0 Å². The van der Waals surface area contributed by atoms with E-state index in [4.69, 9.17) is 4.74 Å². The minimum atomic E-state index is -0.244. The van der Waals surface area contributed by atoms with Crippen LogP contribution in [0, 0.1) is 11.8 Å². The highest BCUT2D eigenvalue weighted by Gasteiger charge is 2.30. The van der Waals surface area contributed by atoms with Crippen LogP contribution in [0.3, 0.4) is 0 Å². The lowest BCUT2D eigenvalue weighted by Gasteiger charge is -2.21. The minimum absolute atomic E-state index is 0.0992. The standard InChI is InChI=1S/C12H24O2/c1-9(2)5-4-6-11(13)12-10(3)7-8-14-12/h9-13H,4-8H2,1-3H3. The molecule has 0 aliphatic carbocycles. The molecule has 1 heterocycles. The van der Waals surface area contributed by atoms with E-state index in [1.54, 1.807) is 0 Å². The van der Waals surface area contributed by atoms with Crippen molar-refractivity contribution in [2.24, 2.45) is 11.8 Å². The molecule has 0 saturated carbocycles. The van der Waals surface area contributed by atoms with Crippen LogP contribution < -0.4 is 0 Å². The van der Waals surface area contributed by atoms with E-state index in [0.29, 0.717) is 5.92 Å². The summed E-state index contributed by atoms with van der Waals surface area (Å²) in [5.74, 6) is 1.27. The predicted molar refractivity (Wildman–Crippen MR) is 58.2 cm³/mol. The Kier molecular flexibility index (Phi) is 4.90. The minimum Gasteiger partial charge on any atom is -0.390 e. The largest absolute Gasteiger partial charge is 0.390 e. The summed E-state index contributed by atoms with van der Waals surface area (Å²) in [6.07, 6.45) is 4.18. The van der Waals surface area contributed by atoms with Gasteiger partial charge in [0.2, 0.25) is 0 Å². The van der Waals surface area contributed by atoms with E-state index in [0.717, 1.165) is 31.8 Å². The summed E-state index contributed by atoms with van der Waals surface area (Å²) < 4.78 is 5.53. The molecule has 3 atom stereocenters. The molecule has 0 bridgehead atoms. The number of hydrogen-bond acceptors (Lipinski definition) is 2. The number of aliphatic hydroxyl groups is 1. The molecule has 1 N–H and O–H groups in total. The Morgan fingerprint density at radius 1 is 1.36 bits per heavy atom. The van der Waals surface area contributed by atoms with Gasteiger partial charge in [0.1, 0.15) is 0 Å². The molecule has 0 aromatic rings. The Bertz CT molecular complexity index is 156. The molecule has 0 spiro atoms. The first-order valence-corrected chi connectivity index (χ1v) is 5.91. The molecule has 1 rings (SSSR count). The van der Waals surface area contributed by atoms with Crippen LogP contribution >= 0.6 is 0 Å². The lowest BCUT2D eigenvalue weighted by atomic mass is 9.95. The molecule has 0 aromatic heterocycles. The van der Waals surface area contributed by atoms with Gasteiger partial charge in [-0.25, -0.2) is 0 Å². The number of aliphatic hydroxyl groups excluding tert-OH is 1. The van der Waals surface area contributed by atoms with Crippen molar-refractivity contribution in [1.29, 1.82) is 0 Å². The van der Waals surface area contributed by atoms with Gasteiger partial charge in [-0.3, -0.25) is 0 Å². The fourth-order valence-electron chi connectivity index (χ4n) is 2.11. The Morgan fingerprint density at radius 3 is 2.57 bits per heavy atom. The average Bonchev–Trinajstić information content (AvgIpc) is 2.50. The summed E-state index contributed by atoms with van der Waals surface area (Å²) in [5.41, 5.74) is 0. The van der Waals surface area contributed by atoms with Crippen molar-refractivity contribution in [2.75, 3.05) is 6.61 Å². The fraction of sp³-hybridized carbons (Fsp3) is 1.00. The summed E-state index contributed by atoms with van der Waals surface area (Å²) >= 11 is 0. The second-order valence-electron chi connectivity index (χ2n) is 4.99. The van der Waals surface area contributed by atoms with Crippen molar-refractivity contribution in [2.45, 2.75) is 58.7 Å². The third-order valence-corrected chi connectivity index (χ3v) is 3.10. The van der Waals surface area contributed by atoms with Gasteiger partial charge >= 0.3 is 0 Å². The molecular formula is C12H24O2. The van der Waals surface area contributed by atoms with Gasteiger partial charge in [0.15, 0.2) is 0 Å². The molecule has 14 heavy (non-hydrogen) atoms.